The minimum atomic E-state index is -3.58. The van der Waals surface area contributed by atoms with Gasteiger partial charge in [-0.2, -0.15) is 0 Å². The van der Waals surface area contributed by atoms with Crippen molar-refractivity contribution in [1.29, 1.82) is 0 Å². The van der Waals surface area contributed by atoms with Crippen LogP contribution < -0.4 is 14.8 Å². The van der Waals surface area contributed by atoms with E-state index in [4.69, 9.17) is 16.3 Å². The molecular weight excluding hydrogens is 340 g/mol. The molecule has 0 saturated heterocycles. The van der Waals surface area contributed by atoms with E-state index in [0.717, 1.165) is 6.42 Å². The Kier molecular flexibility index (Phi) is 7.81. The number of hydrogen-bond acceptors (Lipinski definition) is 4. The summed E-state index contributed by atoms with van der Waals surface area (Å²) in [5.41, 5.74) is 0. The van der Waals surface area contributed by atoms with Gasteiger partial charge in [-0.25, -0.2) is 13.1 Å². The second-order valence-corrected chi connectivity index (χ2v) is 7.33. The number of amides is 1. The molecule has 1 aromatic carbocycles. The molecule has 1 aromatic rings. The van der Waals surface area contributed by atoms with E-state index in [2.05, 4.69) is 10.0 Å². The van der Waals surface area contributed by atoms with E-state index in [1.807, 2.05) is 20.8 Å². The molecule has 0 bridgehead atoms. The number of hydrogen-bond donors (Lipinski definition) is 2. The molecule has 0 radical (unpaired) electrons. The molecule has 0 fully saturated rings. The van der Waals surface area contributed by atoms with Crippen molar-refractivity contribution in [2.24, 2.45) is 0 Å². The van der Waals surface area contributed by atoms with Gasteiger partial charge in [0.1, 0.15) is 5.75 Å². The number of ether oxygens (including phenoxy) is 1. The number of sulfonamides is 1. The van der Waals surface area contributed by atoms with Crippen LogP contribution in [0, 0.1) is 0 Å². The smallest absolute Gasteiger partial charge is 0.258 e. The molecule has 0 aromatic heterocycles. The predicted octanol–water partition coefficient (Wildman–Crippen LogP) is 2.32. The summed E-state index contributed by atoms with van der Waals surface area (Å²) >= 11 is 6.04. The van der Waals surface area contributed by atoms with Gasteiger partial charge < -0.3 is 10.1 Å². The van der Waals surface area contributed by atoms with Gasteiger partial charge in [-0.1, -0.05) is 25.4 Å². The van der Waals surface area contributed by atoms with Crippen molar-refractivity contribution in [3.8, 4) is 5.75 Å². The molecule has 0 heterocycles. The van der Waals surface area contributed by atoms with Crippen molar-refractivity contribution >= 4 is 27.5 Å². The highest BCUT2D eigenvalue weighted by atomic mass is 35.5. The first kappa shape index (κ1) is 19.7. The van der Waals surface area contributed by atoms with Gasteiger partial charge >= 0.3 is 0 Å². The van der Waals surface area contributed by atoms with E-state index in [9.17, 15) is 13.2 Å². The van der Waals surface area contributed by atoms with E-state index in [1.165, 1.54) is 18.2 Å². The van der Waals surface area contributed by atoms with Crippen LogP contribution >= 0.6 is 11.6 Å². The molecule has 0 aliphatic rings. The topological polar surface area (TPSA) is 84.5 Å². The first-order valence-electron chi connectivity index (χ1n) is 7.51. The third kappa shape index (κ3) is 6.37. The van der Waals surface area contributed by atoms with Crippen molar-refractivity contribution in [2.75, 3.05) is 13.2 Å². The molecule has 0 spiro atoms. The number of carbonyl (C=O) groups excluding carboxylic acids is 1. The van der Waals surface area contributed by atoms with Crippen LogP contribution in [0.25, 0.3) is 0 Å². The van der Waals surface area contributed by atoms with E-state index in [1.54, 1.807) is 0 Å². The second kappa shape index (κ2) is 9.10. The van der Waals surface area contributed by atoms with Crippen LogP contribution in [-0.4, -0.2) is 33.5 Å². The van der Waals surface area contributed by atoms with Gasteiger partial charge in [-0.3, -0.25) is 4.79 Å². The maximum Gasteiger partial charge on any atom is 0.258 e. The maximum absolute atomic E-state index is 12.0. The largest absolute Gasteiger partial charge is 0.482 e. The lowest BCUT2D eigenvalue weighted by Gasteiger charge is -2.13. The van der Waals surface area contributed by atoms with Gasteiger partial charge in [0.05, 0.1) is 9.92 Å². The van der Waals surface area contributed by atoms with Crippen molar-refractivity contribution in [1.82, 2.24) is 10.0 Å². The molecule has 0 aliphatic heterocycles. The van der Waals surface area contributed by atoms with Crippen LogP contribution in [0.2, 0.25) is 5.02 Å². The summed E-state index contributed by atoms with van der Waals surface area (Å²) in [4.78, 5) is 11.7. The number of halogens is 1. The zero-order valence-electron chi connectivity index (χ0n) is 13.6. The van der Waals surface area contributed by atoms with Gasteiger partial charge in [0.25, 0.3) is 5.91 Å². The molecule has 2 N–H and O–H groups in total. The van der Waals surface area contributed by atoms with Crippen LogP contribution in [0.5, 0.6) is 5.75 Å². The quantitative estimate of drug-likeness (QED) is 0.706. The number of benzene rings is 1. The first-order chi connectivity index (χ1) is 10.8. The standard InChI is InChI=1S/C15H23ClN2O4S/c1-4-8-17-23(20,21)12-6-7-14(13(16)9-12)22-10-15(19)18-11(3)5-2/h6-7,9,11,17H,4-5,8,10H2,1-3H3,(H,18,19)/t11-/m0/s1. The summed E-state index contributed by atoms with van der Waals surface area (Å²) in [6, 6.07) is 4.21. The fourth-order valence-electron chi connectivity index (χ4n) is 1.65. The zero-order chi connectivity index (χ0) is 17.5. The average Bonchev–Trinajstić information content (AvgIpc) is 2.51. The summed E-state index contributed by atoms with van der Waals surface area (Å²) in [5.74, 6) is 0.0112. The fraction of sp³-hybridized carbons (Fsp3) is 0.533. The lowest BCUT2D eigenvalue weighted by Crippen LogP contribution is -2.35. The summed E-state index contributed by atoms with van der Waals surface area (Å²) < 4.78 is 31.8. The van der Waals surface area contributed by atoms with E-state index in [-0.39, 0.29) is 34.2 Å². The highest BCUT2D eigenvalue weighted by Crippen LogP contribution is 2.27. The molecule has 1 atom stereocenters. The molecule has 0 aliphatic carbocycles. The lowest BCUT2D eigenvalue weighted by atomic mass is 10.2. The predicted molar refractivity (Wildman–Crippen MR) is 90.3 cm³/mol. The van der Waals surface area contributed by atoms with Crippen LogP contribution in [0.1, 0.15) is 33.6 Å². The SMILES string of the molecule is CCCNS(=O)(=O)c1ccc(OCC(=O)N[C@@H](C)CC)c(Cl)c1. The zero-order valence-corrected chi connectivity index (χ0v) is 15.1. The molecule has 6 nitrogen and oxygen atoms in total. The minimum absolute atomic E-state index is 0.0624. The molecule has 1 rings (SSSR count). The Hall–Kier alpha value is -1.31. The Morgan fingerprint density at radius 2 is 2.04 bits per heavy atom. The van der Waals surface area contributed by atoms with Crippen molar-refractivity contribution < 1.29 is 17.9 Å². The van der Waals surface area contributed by atoms with E-state index in [0.29, 0.717) is 13.0 Å². The number of rotatable bonds is 9. The number of nitrogens with one attached hydrogen (secondary N) is 2. The Morgan fingerprint density at radius 3 is 2.61 bits per heavy atom. The minimum Gasteiger partial charge on any atom is -0.482 e. The molecule has 0 saturated carbocycles. The molecule has 1 amide bonds. The molecular formula is C15H23ClN2O4S. The third-order valence-electron chi connectivity index (χ3n) is 3.13. The molecule has 23 heavy (non-hydrogen) atoms. The summed E-state index contributed by atoms with van der Waals surface area (Å²) in [7, 11) is -3.58. The number of carbonyl (C=O) groups is 1. The van der Waals surface area contributed by atoms with Crippen molar-refractivity contribution in [2.45, 2.75) is 44.6 Å². The van der Waals surface area contributed by atoms with Crippen LogP contribution in [0.15, 0.2) is 23.1 Å². The Bertz CT molecular complexity index is 634. The second-order valence-electron chi connectivity index (χ2n) is 5.16. The molecule has 0 unspecified atom stereocenters. The molecule has 8 heteroatoms. The van der Waals surface area contributed by atoms with Crippen LogP contribution in [-0.2, 0) is 14.8 Å². The fourth-order valence-corrected chi connectivity index (χ4v) is 3.11. The normalized spacial score (nSPS) is 12.7. The van der Waals surface area contributed by atoms with E-state index < -0.39 is 10.0 Å². The maximum atomic E-state index is 12.0. The summed E-state index contributed by atoms with van der Waals surface area (Å²) in [5, 5.41) is 2.90. The Balaban J connectivity index is 2.72. The van der Waals surface area contributed by atoms with Gasteiger partial charge in [-0.05, 0) is 38.0 Å². The van der Waals surface area contributed by atoms with Gasteiger partial charge in [-0.15, -0.1) is 0 Å². The summed E-state index contributed by atoms with van der Waals surface area (Å²) in [6.07, 6.45) is 1.52. The highest BCUT2D eigenvalue weighted by molar-refractivity contribution is 7.89. The van der Waals surface area contributed by atoms with Gasteiger partial charge in [0, 0.05) is 12.6 Å². The van der Waals surface area contributed by atoms with Crippen molar-refractivity contribution in [3.63, 3.8) is 0 Å². The van der Waals surface area contributed by atoms with Crippen LogP contribution in [0.4, 0.5) is 0 Å². The Morgan fingerprint density at radius 1 is 1.35 bits per heavy atom. The lowest BCUT2D eigenvalue weighted by molar-refractivity contribution is -0.123. The molecule has 130 valence electrons. The Labute approximate surface area is 142 Å². The third-order valence-corrected chi connectivity index (χ3v) is 4.89. The monoisotopic (exact) mass is 362 g/mol. The average molecular weight is 363 g/mol. The first-order valence-corrected chi connectivity index (χ1v) is 9.37. The van der Waals surface area contributed by atoms with Gasteiger partial charge in [0.15, 0.2) is 6.61 Å². The highest BCUT2D eigenvalue weighted by Gasteiger charge is 2.16. The van der Waals surface area contributed by atoms with Crippen molar-refractivity contribution in [3.05, 3.63) is 23.2 Å². The van der Waals surface area contributed by atoms with Crippen LogP contribution in [0.3, 0.4) is 0 Å². The summed E-state index contributed by atoms with van der Waals surface area (Å²) in [6.45, 7) is 5.91. The van der Waals surface area contributed by atoms with Gasteiger partial charge in [0.2, 0.25) is 10.0 Å². The van der Waals surface area contributed by atoms with E-state index >= 15 is 0 Å².